The van der Waals surface area contributed by atoms with Crippen LogP contribution < -0.4 is 10.9 Å². The van der Waals surface area contributed by atoms with Gasteiger partial charge in [0.05, 0.1) is 5.56 Å². The Morgan fingerprint density at radius 3 is 2.26 bits per heavy atom. The smallest absolute Gasteiger partial charge is 0.272 e. The monoisotopic (exact) mass is 312 g/mol. The molecular weight excluding hydrogens is 295 g/mol. The molecule has 0 atom stereocenters. The average Bonchev–Trinajstić information content (AvgIpc) is 3.38. The summed E-state index contributed by atoms with van der Waals surface area (Å²) in [4.78, 5) is 23.4. The summed E-state index contributed by atoms with van der Waals surface area (Å²) >= 11 is 0. The fraction of sp³-hybridized carbons (Fsp3) is 0.222. The van der Waals surface area contributed by atoms with Crippen molar-refractivity contribution in [1.29, 1.82) is 0 Å². The molecule has 0 saturated heterocycles. The first-order chi connectivity index (χ1) is 11.0. The summed E-state index contributed by atoms with van der Waals surface area (Å²) in [7, 11) is 0. The Hall–Kier alpha value is -2.69. The van der Waals surface area contributed by atoms with Crippen molar-refractivity contribution in [3.05, 3.63) is 59.4 Å². The van der Waals surface area contributed by atoms with Crippen molar-refractivity contribution >= 4 is 11.8 Å². The van der Waals surface area contributed by atoms with Crippen molar-refractivity contribution in [2.24, 2.45) is 5.92 Å². The Balaban J connectivity index is 1.72. The third kappa shape index (κ3) is 3.56. The van der Waals surface area contributed by atoms with Gasteiger partial charge < -0.3 is 0 Å². The van der Waals surface area contributed by atoms with Crippen molar-refractivity contribution in [2.45, 2.75) is 19.8 Å². The molecule has 1 fully saturated rings. The Morgan fingerprint density at radius 1 is 1.00 bits per heavy atom. The SMILES string of the molecule is Cc1ccc(-c2ccc(C(=O)NNC(=O)C3CC3)c(F)c2)cc1. The van der Waals surface area contributed by atoms with E-state index >= 15 is 0 Å². The van der Waals surface area contributed by atoms with Gasteiger partial charge in [-0.05, 0) is 43.0 Å². The van der Waals surface area contributed by atoms with Gasteiger partial charge in [0.1, 0.15) is 5.82 Å². The van der Waals surface area contributed by atoms with E-state index in [0.717, 1.165) is 24.0 Å². The molecule has 118 valence electrons. The number of nitrogens with one attached hydrogen (secondary N) is 2. The van der Waals surface area contributed by atoms with Crippen LogP contribution in [0.4, 0.5) is 4.39 Å². The van der Waals surface area contributed by atoms with E-state index in [2.05, 4.69) is 10.9 Å². The van der Waals surface area contributed by atoms with Crippen LogP contribution in [0.25, 0.3) is 11.1 Å². The molecule has 2 aromatic rings. The molecule has 2 N–H and O–H groups in total. The summed E-state index contributed by atoms with van der Waals surface area (Å²) in [5.41, 5.74) is 7.16. The number of halogens is 1. The lowest BCUT2D eigenvalue weighted by molar-refractivity contribution is -0.123. The van der Waals surface area contributed by atoms with Crippen LogP contribution in [0.3, 0.4) is 0 Å². The topological polar surface area (TPSA) is 58.2 Å². The molecule has 4 nitrogen and oxygen atoms in total. The largest absolute Gasteiger partial charge is 0.273 e. The standard InChI is InChI=1S/C18H17FN2O2/c1-11-2-4-12(5-3-11)14-8-9-15(16(19)10-14)18(23)21-20-17(22)13-6-7-13/h2-5,8-10,13H,6-7H2,1H3,(H,20,22)(H,21,23). The molecule has 0 unspecified atom stereocenters. The lowest BCUT2D eigenvalue weighted by Crippen LogP contribution is -2.42. The van der Waals surface area contributed by atoms with Gasteiger partial charge >= 0.3 is 0 Å². The summed E-state index contributed by atoms with van der Waals surface area (Å²) in [6.45, 7) is 1.98. The Labute approximate surface area is 133 Å². The molecule has 1 saturated carbocycles. The molecule has 5 heteroatoms. The van der Waals surface area contributed by atoms with Crippen molar-refractivity contribution in [3.8, 4) is 11.1 Å². The highest BCUT2D eigenvalue weighted by molar-refractivity contribution is 5.96. The number of aryl methyl sites for hydroxylation is 1. The van der Waals surface area contributed by atoms with Gasteiger partial charge in [0.2, 0.25) is 5.91 Å². The lowest BCUT2D eigenvalue weighted by Gasteiger charge is -2.09. The zero-order valence-corrected chi connectivity index (χ0v) is 12.7. The van der Waals surface area contributed by atoms with Gasteiger partial charge in [-0.1, -0.05) is 35.9 Å². The summed E-state index contributed by atoms with van der Waals surface area (Å²) in [6, 6.07) is 12.1. The third-order valence-corrected chi connectivity index (χ3v) is 3.85. The van der Waals surface area contributed by atoms with Gasteiger partial charge in [0, 0.05) is 5.92 Å². The lowest BCUT2D eigenvalue weighted by atomic mass is 10.0. The maximum absolute atomic E-state index is 14.2. The second-order valence-corrected chi connectivity index (χ2v) is 5.78. The minimum Gasteiger partial charge on any atom is -0.273 e. The van der Waals surface area contributed by atoms with Crippen LogP contribution in [0.5, 0.6) is 0 Å². The first-order valence-electron chi connectivity index (χ1n) is 7.51. The summed E-state index contributed by atoms with van der Waals surface area (Å²) in [6.07, 6.45) is 1.67. The maximum atomic E-state index is 14.2. The van der Waals surface area contributed by atoms with Gasteiger partial charge in [-0.2, -0.15) is 0 Å². The number of benzene rings is 2. The van der Waals surface area contributed by atoms with E-state index in [1.165, 1.54) is 12.1 Å². The highest BCUT2D eigenvalue weighted by Crippen LogP contribution is 2.28. The fourth-order valence-corrected chi connectivity index (χ4v) is 2.26. The summed E-state index contributed by atoms with van der Waals surface area (Å²) < 4.78 is 14.2. The normalized spacial score (nSPS) is 13.5. The van der Waals surface area contributed by atoms with Crippen LogP contribution in [0, 0.1) is 18.7 Å². The summed E-state index contributed by atoms with van der Waals surface area (Å²) in [5.74, 6) is -1.53. The molecule has 2 amide bonds. The number of rotatable bonds is 3. The number of carbonyl (C=O) groups excluding carboxylic acids is 2. The average molecular weight is 312 g/mol. The summed E-state index contributed by atoms with van der Waals surface area (Å²) in [5, 5.41) is 0. The highest BCUT2D eigenvalue weighted by atomic mass is 19.1. The van der Waals surface area contributed by atoms with Crippen LogP contribution in [-0.2, 0) is 4.79 Å². The van der Waals surface area contributed by atoms with Crippen LogP contribution in [0.15, 0.2) is 42.5 Å². The first kappa shape index (κ1) is 15.2. The van der Waals surface area contributed by atoms with Crippen LogP contribution in [-0.4, -0.2) is 11.8 Å². The molecule has 0 spiro atoms. The Morgan fingerprint density at radius 2 is 1.65 bits per heavy atom. The molecule has 1 aliphatic carbocycles. The molecule has 1 aliphatic rings. The molecule has 0 aromatic heterocycles. The van der Waals surface area contributed by atoms with Crippen LogP contribution in [0.2, 0.25) is 0 Å². The van der Waals surface area contributed by atoms with Crippen molar-refractivity contribution in [1.82, 2.24) is 10.9 Å². The number of carbonyl (C=O) groups is 2. The van der Waals surface area contributed by atoms with Crippen molar-refractivity contribution in [2.75, 3.05) is 0 Å². The number of hydrogen-bond acceptors (Lipinski definition) is 2. The van der Waals surface area contributed by atoms with Gasteiger partial charge in [-0.25, -0.2) is 4.39 Å². The predicted octanol–water partition coefficient (Wildman–Crippen LogP) is 2.97. The zero-order valence-electron chi connectivity index (χ0n) is 12.7. The maximum Gasteiger partial charge on any atom is 0.272 e. The van der Waals surface area contributed by atoms with E-state index in [-0.39, 0.29) is 17.4 Å². The molecule has 3 rings (SSSR count). The minimum absolute atomic E-state index is 0.0240. The zero-order chi connectivity index (χ0) is 16.4. The second kappa shape index (κ2) is 6.20. The molecule has 2 aromatic carbocycles. The minimum atomic E-state index is -0.660. The van der Waals surface area contributed by atoms with E-state index in [0.29, 0.717) is 5.56 Å². The van der Waals surface area contributed by atoms with Gasteiger partial charge in [-0.3, -0.25) is 20.4 Å². The molecule has 23 heavy (non-hydrogen) atoms. The van der Waals surface area contributed by atoms with Crippen molar-refractivity contribution in [3.63, 3.8) is 0 Å². The molecule has 0 aliphatic heterocycles. The fourth-order valence-electron chi connectivity index (χ4n) is 2.26. The van der Waals surface area contributed by atoms with E-state index in [9.17, 15) is 14.0 Å². The molecule has 0 bridgehead atoms. The van der Waals surface area contributed by atoms with E-state index in [4.69, 9.17) is 0 Å². The molecular formula is C18H17FN2O2. The first-order valence-corrected chi connectivity index (χ1v) is 7.51. The van der Waals surface area contributed by atoms with Gasteiger partial charge in [0.25, 0.3) is 5.91 Å². The van der Waals surface area contributed by atoms with Crippen LogP contribution >= 0.6 is 0 Å². The van der Waals surface area contributed by atoms with Gasteiger partial charge in [-0.15, -0.1) is 0 Å². The van der Waals surface area contributed by atoms with Crippen LogP contribution in [0.1, 0.15) is 28.8 Å². The Kier molecular flexibility index (Phi) is 4.10. The Bertz CT molecular complexity index is 752. The van der Waals surface area contributed by atoms with E-state index in [1.54, 1.807) is 6.07 Å². The number of hydrogen-bond donors (Lipinski definition) is 2. The van der Waals surface area contributed by atoms with E-state index < -0.39 is 11.7 Å². The van der Waals surface area contributed by atoms with Crippen molar-refractivity contribution < 1.29 is 14.0 Å². The predicted molar refractivity (Wildman–Crippen MR) is 84.9 cm³/mol. The number of hydrazine groups is 1. The number of amides is 2. The second-order valence-electron chi connectivity index (χ2n) is 5.78. The molecule has 0 heterocycles. The quantitative estimate of drug-likeness (QED) is 0.856. The molecule has 0 radical (unpaired) electrons. The highest BCUT2D eigenvalue weighted by Gasteiger charge is 2.29. The van der Waals surface area contributed by atoms with E-state index in [1.807, 2.05) is 31.2 Å². The third-order valence-electron chi connectivity index (χ3n) is 3.85. The van der Waals surface area contributed by atoms with Gasteiger partial charge in [0.15, 0.2) is 0 Å².